The van der Waals surface area contributed by atoms with E-state index in [1.165, 1.54) is 22.5 Å². The quantitative estimate of drug-likeness (QED) is 0.223. The first-order valence-electron chi connectivity index (χ1n) is 15.9. The Morgan fingerprint density at radius 1 is 1.13 bits per heavy atom. The van der Waals surface area contributed by atoms with Crippen LogP contribution in [0.2, 0.25) is 5.02 Å². The number of thiazole rings is 1. The first-order valence-corrected chi connectivity index (χ1v) is 17.0. The number of carbonyl (C=O) groups is 1. The lowest BCUT2D eigenvalue weighted by Gasteiger charge is -2.38. The smallest absolute Gasteiger partial charge is 0.337 e. The van der Waals surface area contributed by atoms with Crippen molar-refractivity contribution in [3.8, 4) is 21.7 Å². The van der Waals surface area contributed by atoms with Crippen LogP contribution in [-0.2, 0) is 14.3 Å². The topological polar surface area (TPSA) is 84.3 Å². The number of carboxylic acids is 1. The summed E-state index contributed by atoms with van der Waals surface area (Å²) in [5.41, 5.74) is 9.23. The standard InChI is InChI=1S/C37H38ClN3O4S/c1-20-16-29-34(31(22-6-9-25(38)10-7-22)30(20)33(36(42)43)45-37(3,4)5)46-35(40-29)24-8-11-27-21(2)39-32(28(27)18-24)23-12-13-41-14-15-44-19-26(41)17-23/h6-11,16,18-19,21,23,33H,12-15,17H2,1-5H3,(H,42,43)/t21?,23?,33-/m0/s1. The number of fused-ring (bicyclic) bond motifs is 3. The predicted molar refractivity (Wildman–Crippen MR) is 185 cm³/mol. The lowest BCUT2D eigenvalue weighted by atomic mass is 9.85. The van der Waals surface area contributed by atoms with Crippen molar-refractivity contribution in [2.24, 2.45) is 10.9 Å². The number of piperidine rings is 1. The molecular formula is C37H38ClN3O4S. The summed E-state index contributed by atoms with van der Waals surface area (Å²) in [5.74, 6) is -0.686. The van der Waals surface area contributed by atoms with Gasteiger partial charge in [-0.2, -0.15) is 0 Å². The highest BCUT2D eigenvalue weighted by atomic mass is 35.5. The molecule has 0 saturated carbocycles. The molecule has 0 aliphatic carbocycles. The van der Waals surface area contributed by atoms with Crippen molar-refractivity contribution in [2.75, 3.05) is 19.7 Å². The van der Waals surface area contributed by atoms with E-state index in [9.17, 15) is 9.90 Å². The molecule has 0 amide bonds. The molecule has 9 heteroatoms. The molecule has 1 aromatic heterocycles. The Bertz CT molecular complexity index is 1910. The van der Waals surface area contributed by atoms with Crippen molar-refractivity contribution < 1.29 is 19.4 Å². The molecule has 2 unspecified atom stereocenters. The van der Waals surface area contributed by atoms with E-state index in [1.807, 2.05) is 64.3 Å². The fourth-order valence-corrected chi connectivity index (χ4v) is 8.23. The number of allylic oxidation sites excluding steroid dienone is 1. The fourth-order valence-electron chi connectivity index (χ4n) is 6.98. The zero-order valence-electron chi connectivity index (χ0n) is 26.8. The Hall–Kier alpha value is -3.72. The second-order valence-electron chi connectivity index (χ2n) is 13.5. The van der Waals surface area contributed by atoms with Crippen molar-refractivity contribution in [3.63, 3.8) is 0 Å². The number of halogens is 1. The van der Waals surface area contributed by atoms with Gasteiger partial charge in [-0.05, 0) is 88.4 Å². The maximum Gasteiger partial charge on any atom is 0.337 e. The Labute approximate surface area is 278 Å². The van der Waals surface area contributed by atoms with Crippen LogP contribution in [0.25, 0.3) is 31.9 Å². The van der Waals surface area contributed by atoms with Crippen LogP contribution in [0.4, 0.5) is 0 Å². The second-order valence-corrected chi connectivity index (χ2v) is 14.9. The largest absolute Gasteiger partial charge is 0.498 e. The molecule has 3 atom stereocenters. The zero-order valence-corrected chi connectivity index (χ0v) is 28.3. The molecule has 1 fully saturated rings. The molecule has 4 aromatic rings. The molecule has 1 saturated heterocycles. The summed E-state index contributed by atoms with van der Waals surface area (Å²) in [6, 6.07) is 16.2. The number of hydrogen-bond donors (Lipinski definition) is 1. The lowest BCUT2D eigenvalue weighted by molar-refractivity contribution is -0.160. The van der Waals surface area contributed by atoms with Gasteiger partial charge < -0.3 is 19.5 Å². The fraction of sp³-hybridized carbons (Fsp3) is 0.378. The van der Waals surface area contributed by atoms with Crippen LogP contribution >= 0.6 is 22.9 Å². The van der Waals surface area contributed by atoms with Crippen LogP contribution in [0.1, 0.15) is 74.9 Å². The molecule has 46 heavy (non-hydrogen) atoms. The Morgan fingerprint density at radius 3 is 2.63 bits per heavy atom. The minimum absolute atomic E-state index is 0.113. The number of nitrogens with zero attached hydrogens (tertiary/aromatic N) is 3. The number of aliphatic imine (C=N–C) groups is 1. The van der Waals surface area contributed by atoms with Gasteiger partial charge in [0.25, 0.3) is 0 Å². The normalized spacial score (nSPS) is 20.1. The molecule has 7 rings (SSSR count). The first-order chi connectivity index (χ1) is 22.0. The minimum Gasteiger partial charge on any atom is -0.498 e. The van der Waals surface area contributed by atoms with Crippen molar-refractivity contribution >= 4 is 44.8 Å². The second kappa shape index (κ2) is 11.8. The molecular weight excluding hydrogens is 618 g/mol. The number of aryl methyl sites for hydroxylation is 1. The summed E-state index contributed by atoms with van der Waals surface area (Å²) >= 11 is 7.86. The number of aliphatic carboxylic acids is 1. The van der Waals surface area contributed by atoms with E-state index in [2.05, 4.69) is 30.0 Å². The summed E-state index contributed by atoms with van der Waals surface area (Å²) in [5, 5.41) is 11.9. The number of benzene rings is 3. The highest BCUT2D eigenvalue weighted by molar-refractivity contribution is 7.22. The summed E-state index contributed by atoms with van der Waals surface area (Å²) in [6.45, 7) is 12.5. The summed E-state index contributed by atoms with van der Waals surface area (Å²) in [6.07, 6.45) is 2.78. The minimum atomic E-state index is -1.16. The van der Waals surface area contributed by atoms with Crippen LogP contribution < -0.4 is 0 Å². The summed E-state index contributed by atoms with van der Waals surface area (Å²) < 4.78 is 12.8. The van der Waals surface area contributed by atoms with Gasteiger partial charge in [0.15, 0.2) is 6.10 Å². The van der Waals surface area contributed by atoms with Gasteiger partial charge in [-0.3, -0.25) is 4.99 Å². The molecule has 0 radical (unpaired) electrons. The van der Waals surface area contributed by atoms with Crippen molar-refractivity contribution in [1.82, 2.24) is 9.88 Å². The number of hydrogen-bond acceptors (Lipinski definition) is 7. The SMILES string of the molecule is Cc1cc2nc(-c3ccc4c(c3)C(C3CCN5CCOC=C5C3)=NC4C)sc2c(-c2ccc(Cl)cc2)c1[C@H](OC(C)(C)C)C(=O)O. The van der Waals surface area contributed by atoms with Crippen LogP contribution in [-0.4, -0.2) is 52.0 Å². The monoisotopic (exact) mass is 655 g/mol. The lowest BCUT2D eigenvalue weighted by Crippen LogP contribution is -2.38. The third-order valence-electron chi connectivity index (χ3n) is 9.07. The van der Waals surface area contributed by atoms with Crippen LogP contribution in [0, 0.1) is 12.8 Å². The van der Waals surface area contributed by atoms with E-state index in [0.717, 1.165) is 70.0 Å². The maximum absolute atomic E-state index is 12.7. The van der Waals surface area contributed by atoms with Crippen molar-refractivity contribution in [1.29, 1.82) is 0 Å². The van der Waals surface area contributed by atoms with E-state index >= 15 is 0 Å². The van der Waals surface area contributed by atoms with E-state index < -0.39 is 17.7 Å². The molecule has 3 aliphatic rings. The van der Waals surface area contributed by atoms with E-state index in [-0.39, 0.29) is 6.04 Å². The van der Waals surface area contributed by atoms with Gasteiger partial charge in [0.05, 0.1) is 28.4 Å². The van der Waals surface area contributed by atoms with Crippen LogP contribution in [0.5, 0.6) is 0 Å². The van der Waals surface area contributed by atoms with Gasteiger partial charge >= 0.3 is 5.97 Å². The van der Waals surface area contributed by atoms with Crippen LogP contribution in [0.15, 0.2) is 65.5 Å². The molecule has 0 bridgehead atoms. The van der Waals surface area contributed by atoms with Gasteiger partial charge in [-0.15, -0.1) is 11.3 Å². The highest BCUT2D eigenvalue weighted by Gasteiger charge is 2.35. The Balaban J connectivity index is 1.34. The molecule has 1 N–H and O–H groups in total. The number of ether oxygens (including phenoxy) is 2. The molecule has 0 spiro atoms. The van der Waals surface area contributed by atoms with E-state index in [1.54, 1.807) is 11.3 Å². The summed E-state index contributed by atoms with van der Waals surface area (Å²) in [4.78, 5) is 25.5. The van der Waals surface area contributed by atoms with Crippen molar-refractivity contribution in [2.45, 2.75) is 65.2 Å². The van der Waals surface area contributed by atoms with Gasteiger partial charge in [0.2, 0.25) is 0 Å². The Morgan fingerprint density at radius 2 is 1.89 bits per heavy atom. The molecule has 238 valence electrons. The molecule has 3 aliphatic heterocycles. The molecule has 4 heterocycles. The summed E-state index contributed by atoms with van der Waals surface area (Å²) in [7, 11) is 0. The maximum atomic E-state index is 12.7. The number of rotatable bonds is 6. The molecule has 7 nitrogen and oxygen atoms in total. The van der Waals surface area contributed by atoms with Gasteiger partial charge in [-0.1, -0.05) is 35.9 Å². The Kier molecular flexibility index (Phi) is 7.94. The third-order valence-corrected chi connectivity index (χ3v) is 10.5. The van der Waals surface area contributed by atoms with E-state index in [4.69, 9.17) is 31.1 Å². The van der Waals surface area contributed by atoms with Gasteiger partial charge in [0, 0.05) is 51.1 Å². The third kappa shape index (κ3) is 5.72. The van der Waals surface area contributed by atoms with Gasteiger partial charge in [0.1, 0.15) is 17.9 Å². The van der Waals surface area contributed by atoms with Crippen molar-refractivity contribution in [3.05, 3.63) is 87.8 Å². The predicted octanol–water partition coefficient (Wildman–Crippen LogP) is 8.98. The van der Waals surface area contributed by atoms with Gasteiger partial charge in [-0.25, -0.2) is 9.78 Å². The highest BCUT2D eigenvalue weighted by Crippen LogP contribution is 2.45. The van der Waals surface area contributed by atoms with Crippen LogP contribution in [0.3, 0.4) is 0 Å². The average molecular weight is 656 g/mol. The number of carboxylic acid groups (broad SMARTS) is 1. The number of aromatic nitrogens is 1. The van der Waals surface area contributed by atoms with E-state index in [0.29, 0.717) is 16.5 Å². The average Bonchev–Trinajstić information content (AvgIpc) is 3.59. The molecule has 3 aromatic carbocycles. The zero-order chi connectivity index (χ0) is 32.3. The first kappa shape index (κ1) is 30.9.